The van der Waals surface area contributed by atoms with Crippen molar-refractivity contribution < 1.29 is 9.53 Å². The van der Waals surface area contributed by atoms with Crippen LogP contribution in [-0.4, -0.2) is 17.6 Å². The molecular formula is C19H20N2O2S. The highest BCUT2D eigenvalue weighted by Gasteiger charge is 2.05. The predicted molar refractivity (Wildman–Crippen MR) is 101 cm³/mol. The van der Waals surface area contributed by atoms with E-state index in [1.54, 1.807) is 6.08 Å². The molecule has 124 valence electrons. The van der Waals surface area contributed by atoms with Gasteiger partial charge in [-0.1, -0.05) is 43.0 Å². The maximum absolute atomic E-state index is 11.9. The molecule has 24 heavy (non-hydrogen) atoms. The Morgan fingerprint density at radius 3 is 2.50 bits per heavy atom. The maximum atomic E-state index is 11.9. The van der Waals surface area contributed by atoms with Crippen LogP contribution in [0.15, 0.2) is 67.3 Å². The Bertz CT molecular complexity index is 684. The average molecular weight is 340 g/mol. The quantitative estimate of drug-likeness (QED) is 0.596. The van der Waals surface area contributed by atoms with E-state index in [9.17, 15) is 4.79 Å². The van der Waals surface area contributed by atoms with Gasteiger partial charge in [0, 0.05) is 12.1 Å². The first-order valence-electron chi connectivity index (χ1n) is 7.66. The van der Waals surface area contributed by atoms with Gasteiger partial charge in [-0.15, -0.1) is 0 Å². The van der Waals surface area contributed by atoms with Gasteiger partial charge in [0.05, 0.1) is 0 Å². The van der Waals surface area contributed by atoms with Gasteiger partial charge in [0.15, 0.2) is 5.11 Å². The van der Waals surface area contributed by atoms with Crippen LogP contribution in [0.25, 0.3) is 0 Å². The van der Waals surface area contributed by atoms with Crippen LogP contribution in [-0.2, 0) is 11.2 Å². The Hall–Kier alpha value is -2.66. The molecule has 0 fully saturated rings. The van der Waals surface area contributed by atoms with Crippen molar-refractivity contribution in [3.05, 3.63) is 72.8 Å². The monoisotopic (exact) mass is 340 g/mol. The third-order valence-corrected chi connectivity index (χ3v) is 3.42. The Balaban J connectivity index is 1.75. The van der Waals surface area contributed by atoms with E-state index >= 15 is 0 Å². The average Bonchev–Trinajstić information content (AvgIpc) is 2.60. The summed E-state index contributed by atoms with van der Waals surface area (Å²) in [5.41, 5.74) is 1.91. The highest BCUT2D eigenvalue weighted by Crippen LogP contribution is 2.15. The normalized spacial score (nSPS) is 9.83. The van der Waals surface area contributed by atoms with Gasteiger partial charge in [0.1, 0.15) is 12.4 Å². The van der Waals surface area contributed by atoms with Gasteiger partial charge in [0.25, 0.3) is 0 Å². The number of hydrogen-bond donors (Lipinski definition) is 2. The molecule has 0 radical (unpaired) electrons. The van der Waals surface area contributed by atoms with Crippen LogP contribution in [0, 0.1) is 0 Å². The standard InChI is InChI=1S/C19H20N2O2S/c1-2-14-23-17-11-9-16(10-12-17)20-19(24)21-18(22)13-8-15-6-4-3-5-7-15/h2-7,9-12H,1,8,13-14H2,(H2,20,21,22,24). The zero-order chi connectivity index (χ0) is 17.2. The van der Waals surface area contributed by atoms with E-state index in [0.717, 1.165) is 17.0 Å². The molecule has 0 spiro atoms. The number of aryl methyl sites for hydroxylation is 1. The number of hydrogen-bond acceptors (Lipinski definition) is 3. The fourth-order valence-electron chi connectivity index (χ4n) is 2.04. The second-order valence-electron chi connectivity index (χ2n) is 5.11. The van der Waals surface area contributed by atoms with E-state index in [0.29, 0.717) is 19.4 Å². The molecule has 0 aliphatic rings. The van der Waals surface area contributed by atoms with Crippen molar-refractivity contribution in [3.8, 4) is 5.75 Å². The zero-order valence-corrected chi connectivity index (χ0v) is 14.1. The smallest absolute Gasteiger partial charge is 0.226 e. The van der Waals surface area contributed by atoms with Crippen molar-refractivity contribution in [2.75, 3.05) is 11.9 Å². The number of anilines is 1. The van der Waals surface area contributed by atoms with Gasteiger partial charge in [-0.3, -0.25) is 4.79 Å². The largest absolute Gasteiger partial charge is 0.490 e. The Kier molecular flexibility index (Phi) is 6.98. The molecule has 0 aromatic heterocycles. The minimum Gasteiger partial charge on any atom is -0.490 e. The molecule has 2 rings (SSSR count). The summed E-state index contributed by atoms with van der Waals surface area (Å²) < 4.78 is 5.41. The molecule has 2 aromatic rings. The molecular weight excluding hydrogens is 320 g/mol. The maximum Gasteiger partial charge on any atom is 0.226 e. The lowest BCUT2D eigenvalue weighted by atomic mass is 10.1. The van der Waals surface area contributed by atoms with Crippen molar-refractivity contribution in [1.29, 1.82) is 0 Å². The van der Waals surface area contributed by atoms with Crippen molar-refractivity contribution in [1.82, 2.24) is 5.32 Å². The van der Waals surface area contributed by atoms with Crippen molar-refractivity contribution >= 4 is 28.9 Å². The second kappa shape index (κ2) is 9.47. The molecule has 0 saturated carbocycles. The van der Waals surface area contributed by atoms with Gasteiger partial charge in [0.2, 0.25) is 5.91 Å². The first-order chi connectivity index (χ1) is 11.7. The molecule has 1 amide bonds. The summed E-state index contributed by atoms with van der Waals surface area (Å²) >= 11 is 5.16. The van der Waals surface area contributed by atoms with Gasteiger partial charge in [-0.05, 0) is 48.5 Å². The second-order valence-corrected chi connectivity index (χ2v) is 5.52. The molecule has 0 saturated heterocycles. The molecule has 0 heterocycles. The lowest BCUT2D eigenvalue weighted by Crippen LogP contribution is -2.34. The molecule has 0 aliphatic carbocycles. The van der Waals surface area contributed by atoms with Crippen molar-refractivity contribution in [3.63, 3.8) is 0 Å². The molecule has 0 atom stereocenters. The summed E-state index contributed by atoms with van der Waals surface area (Å²) in [5, 5.41) is 5.95. The van der Waals surface area contributed by atoms with Gasteiger partial charge in [-0.2, -0.15) is 0 Å². The zero-order valence-electron chi connectivity index (χ0n) is 13.3. The number of ether oxygens (including phenoxy) is 1. The summed E-state index contributed by atoms with van der Waals surface area (Å²) in [6.45, 7) is 4.06. The molecule has 4 nitrogen and oxygen atoms in total. The van der Waals surface area contributed by atoms with Crippen LogP contribution >= 0.6 is 12.2 Å². The molecule has 0 aliphatic heterocycles. The summed E-state index contributed by atoms with van der Waals surface area (Å²) in [7, 11) is 0. The number of carbonyl (C=O) groups is 1. The molecule has 2 aromatic carbocycles. The fourth-order valence-corrected chi connectivity index (χ4v) is 2.28. The Labute approximate surface area is 147 Å². The summed E-state index contributed by atoms with van der Waals surface area (Å²) in [5.74, 6) is 0.639. The Morgan fingerprint density at radius 2 is 1.83 bits per heavy atom. The highest BCUT2D eigenvalue weighted by atomic mass is 32.1. The topological polar surface area (TPSA) is 50.4 Å². The predicted octanol–water partition coefficient (Wildman–Crippen LogP) is 3.70. The third-order valence-electron chi connectivity index (χ3n) is 3.22. The number of carbonyl (C=O) groups excluding carboxylic acids is 1. The van der Waals surface area contributed by atoms with Crippen LogP contribution in [0.1, 0.15) is 12.0 Å². The highest BCUT2D eigenvalue weighted by molar-refractivity contribution is 7.80. The third kappa shape index (κ3) is 6.22. The number of rotatable bonds is 7. The first kappa shape index (κ1) is 17.7. The number of benzene rings is 2. The number of thiocarbonyl (C=S) groups is 1. The van der Waals surface area contributed by atoms with Gasteiger partial charge < -0.3 is 15.4 Å². The van der Waals surface area contributed by atoms with Crippen LogP contribution in [0.5, 0.6) is 5.75 Å². The molecule has 5 heteroatoms. The summed E-state index contributed by atoms with van der Waals surface area (Å²) in [4.78, 5) is 11.9. The van der Waals surface area contributed by atoms with Gasteiger partial charge in [-0.25, -0.2) is 0 Å². The molecule has 0 unspecified atom stereocenters. The SMILES string of the molecule is C=CCOc1ccc(NC(=S)NC(=O)CCc2ccccc2)cc1. The van der Waals surface area contributed by atoms with Crippen molar-refractivity contribution in [2.24, 2.45) is 0 Å². The van der Waals surface area contributed by atoms with Gasteiger partial charge >= 0.3 is 0 Å². The van der Waals surface area contributed by atoms with Crippen LogP contribution < -0.4 is 15.4 Å². The van der Waals surface area contributed by atoms with E-state index in [1.807, 2.05) is 54.6 Å². The lowest BCUT2D eigenvalue weighted by Gasteiger charge is -2.10. The minimum absolute atomic E-state index is 0.109. The number of nitrogens with one attached hydrogen (secondary N) is 2. The van der Waals surface area contributed by atoms with Crippen LogP contribution in [0.4, 0.5) is 5.69 Å². The van der Waals surface area contributed by atoms with E-state index in [2.05, 4.69) is 17.2 Å². The van der Waals surface area contributed by atoms with Crippen LogP contribution in [0.2, 0.25) is 0 Å². The minimum atomic E-state index is -0.109. The Morgan fingerprint density at radius 1 is 1.12 bits per heavy atom. The van der Waals surface area contributed by atoms with E-state index in [4.69, 9.17) is 17.0 Å². The van der Waals surface area contributed by atoms with Crippen molar-refractivity contribution in [2.45, 2.75) is 12.8 Å². The lowest BCUT2D eigenvalue weighted by molar-refractivity contribution is -0.119. The molecule has 2 N–H and O–H groups in total. The van der Waals surface area contributed by atoms with E-state index in [-0.39, 0.29) is 11.0 Å². The van der Waals surface area contributed by atoms with Crippen LogP contribution in [0.3, 0.4) is 0 Å². The van der Waals surface area contributed by atoms with E-state index in [1.165, 1.54) is 0 Å². The summed E-state index contributed by atoms with van der Waals surface area (Å²) in [6.07, 6.45) is 2.76. The fraction of sp³-hybridized carbons (Fsp3) is 0.158. The molecule has 0 bridgehead atoms. The van der Waals surface area contributed by atoms with E-state index < -0.39 is 0 Å². The summed E-state index contributed by atoms with van der Waals surface area (Å²) in [6, 6.07) is 17.2. The number of amides is 1. The first-order valence-corrected chi connectivity index (χ1v) is 8.06.